The van der Waals surface area contributed by atoms with Crippen molar-refractivity contribution in [1.29, 1.82) is 0 Å². The van der Waals surface area contributed by atoms with Crippen molar-refractivity contribution in [3.05, 3.63) is 10.6 Å². The maximum atomic E-state index is 12.1. The van der Waals surface area contributed by atoms with Gasteiger partial charge in [-0.15, -0.1) is 0 Å². The smallest absolute Gasteiger partial charge is 0.266 e. The second-order valence-electron chi connectivity index (χ2n) is 5.01. The van der Waals surface area contributed by atoms with Crippen LogP contribution in [0.1, 0.15) is 28.2 Å². The highest BCUT2D eigenvalue weighted by Gasteiger charge is 2.53. The van der Waals surface area contributed by atoms with Gasteiger partial charge in [0.2, 0.25) is 0 Å². The maximum Gasteiger partial charge on any atom is 0.266 e. The first-order valence-corrected chi connectivity index (χ1v) is 6.56. The Morgan fingerprint density at radius 1 is 1.59 bits per heavy atom. The van der Waals surface area contributed by atoms with E-state index < -0.39 is 5.60 Å². The van der Waals surface area contributed by atoms with Crippen molar-refractivity contribution >= 4 is 22.4 Å². The van der Waals surface area contributed by atoms with Crippen molar-refractivity contribution < 1.29 is 9.90 Å². The molecule has 0 radical (unpaired) electrons. The molecule has 2 fully saturated rings. The first-order chi connectivity index (χ1) is 7.99. The van der Waals surface area contributed by atoms with Gasteiger partial charge in [-0.2, -0.15) is 0 Å². The fourth-order valence-electron chi connectivity index (χ4n) is 2.40. The van der Waals surface area contributed by atoms with Gasteiger partial charge in [0, 0.05) is 0 Å². The van der Waals surface area contributed by atoms with E-state index in [1.165, 1.54) is 11.3 Å². The predicted octanol–water partition coefficient (Wildman–Crippen LogP) is 0.631. The van der Waals surface area contributed by atoms with Crippen LogP contribution in [0, 0.1) is 12.8 Å². The number of hydrogen-bond donors (Lipinski definition) is 2. The number of nitrogens with zero attached hydrogens (tertiary/aromatic N) is 2. The molecule has 3 rings (SSSR count). The van der Waals surface area contributed by atoms with Crippen molar-refractivity contribution in [3.8, 4) is 0 Å². The minimum Gasteiger partial charge on any atom is -0.386 e. The van der Waals surface area contributed by atoms with Gasteiger partial charge in [-0.05, 0) is 25.7 Å². The zero-order chi connectivity index (χ0) is 12.2. The topological polar surface area (TPSA) is 79.5 Å². The molecule has 2 aliphatic rings. The summed E-state index contributed by atoms with van der Waals surface area (Å²) in [5, 5.41) is 10.6. The second-order valence-corrected chi connectivity index (χ2v) is 6.04. The van der Waals surface area contributed by atoms with E-state index in [0.717, 1.165) is 12.8 Å². The summed E-state index contributed by atoms with van der Waals surface area (Å²) in [6.45, 7) is 2.69. The fourth-order valence-corrected chi connectivity index (χ4v) is 3.20. The van der Waals surface area contributed by atoms with Gasteiger partial charge in [0.15, 0.2) is 5.13 Å². The third-order valence-corrected chi connectivity index (χ3v) is 4.54. The number of carbonyl (C=O) groups excluding carboxylic acids is 1. The molecule has 1 aliphatic heterocycles. The summed E-state index contributed by atoms with van der Waals surface area (Å²) >= 11 is 1.22. The monoisotopic (exact) mass is 253 g/mol. The lowest BCUT2D eigenvalue weighted by atomic mass is 9.88. The Kier molecular flexibility index (Phi) is 2.21. The van der Waals surface area contributed by atoms with Crippen LogP contribution in [0.3, 0.4) is 0 Å². The molecule has 17 heavy (non-hydrogen) atoms. The molecule has 0 spiro atoms. The molecular formula is C11H15N3O2S. The van der Waals surface area contributed by atoms with E-state index >= 15 is 0 Å². The third kappa shape index (κ3) is 1.71. The van der Waals surface area contributed by atoms with Crippen LogP contribution in [0.4, 0.5) is 5.13 Å². The van der Waals surface area contributed by atoms with Crippen LogP contribution in [-0.4, -0.2) is 39.6 Å². The quantitative estimate of drug-likeness (QED) is 0.810. The van der Waals surface area contributed by atoms with Crippen LogP contribution in [0.5, 0.6) is 0 Å². The Morgan fingerprint density at radius 3 is 2.71 bits per heavy atom. The highest BCUT2D eigenvalue weighted by Crippen LogP contribution is 2.45. The zero-order valence-electron chi connectivity index (χ0n) is 9.64. The molecular weight excluding hydrogens is 238 g/mol. The van der Waals surface area contributed by atoms with Crippen LogP contribution >= 0.6 is 11.3 Å². The SMILES string of the molecule is Cc1nc(N)sc1C(=O)N1CC(O)(C2CC2)C1. The maximum absolute atomic E-state index is 12.1. The number of β-amino-alcohol motifs (C(OH)–C–C–N with tert-alkyl or cyclic N) is 1. The van der Waals surface area contributed by atoms with Gasteiger partial charge in [-0.25, -0.2) is 4.98 Å². The summed E-state index contributed by atoms with van der Waals surface area (Å²) in [5.41, 5.74) is 5.63. The first-order valence-electron chi connectivity index (χ1n) is 5.74. The molecule has 0 atom stereocenters. The molecule has 1 saturated carbocycles. The first kappa shape index (κ1) is 11.0. The van der Waals surface area contributed by atoms with Gasteiger partial charge in [0.25, 0.3) is 5.91 Å². The molecule has 0 aromatic carbocycles. The molecule has 1 saturated heterocycles. The van der Waals surface area contributed by atoms with Crippen LogP contribution in [0.15, 0.2) is 0 Å². The fraction of sp³-hybridized carbons (Fsp3) is 0.636. The second kappa shape index (κ2) is 3.43. The summed E-state index contributed by atoms with van der Waals surface area (Å²) in [6, 6.07) is 0. The number of nitrogen functional groups attached to an aromatic ring is 1. The van der Waals surface area contributed by atoms with Gasteiger partial charge in [-0.1, -0.05) is 11.3 Å². The lowest BCUT2D eigenvalue weighted by Crippen LogP contribution is -2.64. The van der Waals surface area contributed by atoms with Crippen molar-refractivity contribution in [2.75, 3.05) is 18.8 Å². The molecule has 0 unspecified atom stereocenters. The molecule has 1 aliphatic carbocycles. The molecule has 2 heterocycles. The van der Waals surface area contributed by atoms with Crippen LogP contribution in [-0.2, 0) is 0 Å². The number of carbonyl (C=O) groups is 1. The Morgan fingerprint density at radius 2 is 2.24 bits per heavy atom. The standard InChI is InChI=1S/C11H15N3O2S/c1-6-8(17-10(12)13-6)9(15)14-4-11(16,5-14)7-2-3-7/h7,16H,2-5H2,1H3,(H2,12,13). The minimum absolute atomic E-state index is 0.0537. The lowest BCUT2D eigenvalue weighted by Gasteiger charge is -2.46. The number of thiazole rings is 1. The molecule has 1 aromatic rings. The van der Waals surface area contributed by atoms with E-state index in [0.29, 0.717) is 34.7 Å². The molecule has 3 N–H and O–H groups in total. The highest BCUT2D eigenvalue weighted by atomic mass is 32.1. The molecule has 1 amide bonds. The number of hydrogen-bond acceptors (Lipinski definition) is 5. The summed E-state index contributed by atoms with van der Waals surface area (Å²) in [5.74, 6) is 0.348. The summed E-state index contributed by atoms with van der Waals surface area (Å²) in [4.78, 5) is 18.4. The number of nitrogens with two attached hydrogens (primary N) is 1. The van der Waals surface area contributed by atoms with Gasteiger partial charge in [-0.3, -0.25) is 4.79 Å². The molecule has 1 aromatic heterocycles. The Bertz CT molecular complexity index is 475. The Balaban J connectivity index is 1.71. The lowest BCUT2D eigenvalue weighted by molar-refractivity contribution is -0.0957. The molecule has 92 valence electrons. The molecule has 6 heteroatoms. The normalized spacial score (nSPS) is 22.4. The number of anilines is 1. The third-order valence-electron chi connectivity index (χ3n) is 3.56. The number of likely N-dealkylation sites (tertiary alicyclic amines) is 1. The Labute approximate surface area is 103 Å². The van der Waals surface area contributed by atoms with Crippen LogP contribution in [0.2, 0.25) is 0 Å². The number of aryl methyl sites for hydroxylation is 1. The predicted molar refractivity (Wildman–Crippen MR) is 64.8 cm³/mol. The van der Waals surface area contributed by atoms with Crippen molar-refractivity contribution in [2.45, 2.75) is 25.4 Å². The van der Waals surface area contributed by atoms with E-state index in [4.69, 9.17) is 5.73 Å². The largest absolute Gasteiger partial charge is 0.386 e. The average Bonchev–Trinajstić information content (AvgIpc) is 3.00. The van der Waals surface area contributed by atoms with Gasteiger partial charge in [0.05, 0.1) is 18.8 Å². The van der Waals surface area contributed by atoms with E-state index in [2.05, 4.69) is 4.98 Å². The number of rotatable bonds is 2. The van der Waals surface area contributed by atoms with E-state index in [1.54, 1.807) is 11.8 Å². The zero-order valence-corrected chi connectivity index (χ0v) is 10.5. The highest BCUT2D eigenvalue weighted by molar-refractivity contribution is 7.17. The molecule has 5 nitrogen and oxygen atoms in total. The number of amides is 1. The Hall–Kier alpha value is -1.14. The average molecular weight is 253 g/mol. The summed E-state index contributed by atoms with van der Waals surface area (Å²) < 4.78 is 0. The van der Waals surface area contributed by atoms with Crippen LogP contribution < -0.4 is 5.73 Å². The van der Waals surface area contributed by atoms with Crippen molar-refractivity contribution in [2.24, 2.45) is 5.92 Å². The minimum atomic E-state index is -0.625. The van der Waals surface area contributed by atoms with Crippen molar-refractivity contribution in [3.63, 3.8) is 0 Å². The number of aliphatic hydroxyl groups is 1. The van der Waals surface area contributed by atoms with Gasteiger partial charge < -0.3 is 15.7 Å². The van der Waals surface area contributed by atoms with E-state index in [9.17, 15) is 9.90 Å². The molecule has 0 bridgehead atoms. The summed E-state index contributed by atoms with van der Waals surface area (Å²) in [6.07, 6.45) is 2.18. The van der Waals surface area contributed by atoms with Crippen LogP contribution in [0.25, 0.3) is 0 Å². The van der Waals surface area contributed by atoms with E-state index in [1.807, 2.05) is 0 Å². The number of aromatic nitrogens is 1. The van der Waals surface area contributed by atoms with Gasteiger partial charge >= 0.3 is 0 Å². The van der Waals surface area contributed by atoms with Gasteiger partial charge in [0.1, 0.15) is 10.5 Å². The summed E-state index contributed by atoms with van der Waals surface area (Å²) in [7, 11) is 0. The van der Waals surface area contributed by atoms with Crippen molar-refractivity contribution in [1.82, 2.24) is 9.88 Å². The van der Waals surface area contributed by atoms with E-state index in [-0.39, 0.29) is 5.91 Å².